The van der Waals surface area contributed by atoms with Gasteiger partial charge in [0.25, 0.3) is 0 Å². The summed E-state index contributed by atoms with van der Waals surface area (Å²) in [5, 5.41) is 6.78. The van der Waals surface area contributed by atoms with Gasteiger partial charge < -0.3 is 10.2 Å². The molecule has 2 heterocycles. The Morgan fingerprint density at radius 3 is 2.94 bits per heavy atom. The lowest BCUT2D eigenvalue weighted by atomic mass is 9.97. The van der Waals surface area contributed by atoms with E-state index in [9.17, 15) is 0 Å². The molecule has 2 rings (SSSR count). The van der Waals surface area contributed by atoms with Crippen LogP contribution in [0.15, 0.2) is 11.6 Å². The third-order valence-electron chi connectivity index (χ3n) is 3.16. The van der Waals surface area contributed by atoms with Crippen LogP contribution >= 0.6 is 11.3 Å². The molecule has 1 aliphatic heterocycles. The smallest absolute Gasteiger partial charge is 0.185 e. The van der Waals surface area contributed by atoms with Gasteiger partial charge in [0.2, 0.25) is 0 Å². The highest BCUT2D eigenvalue weighted by Crippen LogP contribution is 2.24. The zero-order chi connectivity index (χ0) is 11.2. The molecule has 1 aliphatic rings. The van der Waals surface area contributed by atoms with Crippen LogP contribution in [-0.4, -0.2) is 31.2 Å². The van der Waals surface area contributed by atoms with Crippen LogP contribution in [0.2, 0.25) is 0 Å². The van der Waals surface area contributed by atoms with Crippen LogP contribution < -0.4 is 10.2 Å². The van der Waals surface area contributed by atoms with Crippen LogP contribution in [0.5, 0.6) is 0 Å². The van der Waals surface area contributed by atoms with Crippen molar-refractivity contribution >= 4 is 16.5 Å². The Balaban J connectivity index is 1.70. The highest BCUT2D eigenvalue weighted by Gasteiger charge is 2.19. The molecule has 0 saturated carbocycles. The number of piperidine rings is 1. The molecule has 0 radical (unpaired) electrons. The first-order valence-electron chi connectivity index (χ1n) is 6.25. The minimum Gasteiger partial charge on any atom is -0.348 e. The Labute approximate surface area is 102 Å². The molecule has 90 valence electrons. The fraction of sp³-hybridized carbons (Fsp3) is 0.750. The Hall–Kier alpha value is -0.610. The van der Waals surface area contributed by atoms with Gasteiger partial charge in [-0.1, -0.05) is 6.92 Å². The fourth-order valence-corrected chi connectivity index (χ4v) is 2.88. The quantitative estimate of drug-likeness (QED) is 0.800. The third-order valence-corrected chi connectivity index (χ3v) is 4.00. The van der Waals surface area contributed by atoms with Gasteiger partial charge in [-0.25, -0.2) is 4.98 Å². The van der Waals surface area contributed by atoms with Crippen LogP contribution in [0, 0.1) is 5.92 Å². The van der Waals surface area contributed by atoms with E-state index in [1.807, 2.05) is 6.20 Å². The molecule has 0 atom stereocenters. The first kappa shape index (κ1) is 11.9. The van der Waals surface area contributed by atoms with E-state index in [4.69, 9.17) is 0 Å². The minimum atomic E-state index is 0.864. The maximum absolute atomic E-state index is 4.37. The standard InChI is InChI=1S/C12H21N3S/c1-2-5-13-10-11-3-7-15(8-4-11)12-14-6-9-16-12/h6,9,11,13H,2-5,7-8,10H2,1H3. The number of anilines is 1. The SMILES string of the molecule is CCCNCC1CCN(c2nccs2)CC1. The summed E-state index contributed by atoms with van der Waals surface area (Å²) in [7, 11) is 0. The third kappa shape index (κ3) is 3.19. The Bertz CT molecular complexity index is 278. The summed E-state index contributed by atoms with van der Waals surface area (Å²) in [6.07, 6.45) is 5.74. The molecule has 1 aromatic rings. The second kappa shape index (κ2) is 6.21. The van der Waals surface area contributed by atoms with E-state index in [0.717, 1.165) is 12.5 Å². The molecule has 1 N–H and O–H groups in total. The van der Waals surface area contributed by atoms with Gasteiger partial charge >= 0.3 is 0 Å². The van der Waals surface area contributed by atoms with E-state index in [2.05, 4.69) is 27.5 Å². The number of rotatable bonds is 5. The van der Waals surface area contributed by atoms with Crippen LogP contribution in [0.3, 0.4) is 0 Å². The summed E-state index contributed by atoms with van der Waals surface area (Å²) in [4.78, 5) is 6.79. The summed E-state index contributed by atoms with van der Waals surface area (Å²) < 4.78 is 0. The summed E-state index contributed by atoms with van der Waals surface area (Å²) in [5.41, 5.74) is 0. The van der Waals surface area contributed by atoms with Crippen molar-refractivity contribution in [2.45, 2.75) is 26.2 Å². The van der Waals surface area contributed by atoms with Gasteiger partial charge in [0.1, 0.15) is 0 Å². The predicted octanol–water partition coefficient (Wildman–Crippen LogP) is 2.36. The average molecular weight is 239 g/mol. The molecule has 0 bridgehead atoms. The molecule has 3 nitrogen and oxygen atoms in total. The van der Waals surface area contributed by atoms with Crippen molar-refractivity contribution in [2.75, 3.05) is 31.1 Å². The van der Waals surface area contributed by atoms with E-state index in [1.54, 1.807) is 11.3 Å². The molecule has 4 heteroatoms. The second-order valence-electron chi connectivity index (χ2n) is 4.45. The summed E-state index contributed by atoms with van der Waals surface area (Å²) >= 11 is 1.75. The number of hydrogen-bond acceptors (Lipinski definition) is 4. The molecule has 1 aromatic heterocycles. The van der Waals surface area contributed by atoms with Crippen molar-refractivity contribution in [3.63, 3.8) is 0 Å². The van der Waals surface area contributed by atoms with Gasteiger partial charge in [0.05, 0.1) is 0 Å². The maximum Gasteiger partial charge on any atom is 0.185 e. The van der Waals surface area contributed by atoms with Crippen molar-refractivity contribution in [1.82, 2.24) is 10.3 Å². The number of aromatic nitrogens is 1. The molecule has 0 unspecified atom stereocenters. The van der Waals surface area contributed by atoms with Crippen molar-refractivity contribution in [3.8, 4) is 0 Å². The summed E-state index contributed by atoms with van der Waals surface area (Å²) in [5.74, 6) is 0.864. The van der Waals surface area contributed by atoms with E-state index in [0.29, 0.717) is 0 Å². The van der Waals surface area contributed by atoms with Gasteiger partial charge in [-0.3, -0.25) is 0 Å². The van der Waals surface area contributed by atoms with Gasteiger partial charge in [-0.15, -0.1) is 11.3 Å². The zero-order valence-electron chi connectivity index (χ0n) is 9.98. The molecule has 0 spiro atoms. The van der Waals surface area contributed by atoms with Gasteiger partial charge in [0.15, 0.2) is 5.13 Å². The molecule has 0 amide bonds. The van der Waals surface area contributed by atoms with E-state index < -0.39 is 0 Å². The first-order valence-corrected chi connectivity index (χ1v) is 7.13. The van der Waals surface area contributed by atoms with E-state index in [1.165, 1.54) is 44.0 Å². The molecule has 16 heavy (non-hydrogen) atoms. The fourth-order valence-electron chi connectivity index (χ4n) is 2.18. The lowest BCUT2D eigenvalue weighted by Crippen LogP contribution is -2.37. The van der Waals surface area contributed by atoms with Crippen molar-refractivity contribution < 1.29 is 0 Å². The minimum absolute atomic E-state index is 0.864. The summed E-state index contributed by atoms with van der Waals surface area (Å²) in [6.45, 7) is 6.92. The van der Waals surface area contributed by atoms with Crippen molar-refractivity contribution in [2.24, 2.45) is 5.92 Å². The molecule has 1 saturated heterocycles. The summed E-state index contributed by atoms with van der Waals surface area (Å²) in [6, 6.07) is 0. The lowest BCUT2D eigenvalue weighted by molar-refractivity contribution is 0.383. The molecule has 1 fully saturated rings. The van der Waals surface area contributed by atoms with Crippen LogP contribution in [0.25, 0.3) is 0 Å². The largest absolute Gasteiger partial charge is 0.348 e. The maximum atomic E-state index is 4.37. The van der Waals surface area contributed by atoms with Crippen molar-refractivity contribution in [3.05, 3.63) is 11.6 Å². The Morgan fingerprint density at radius 2 is 2.31 bits per heavy atom. The van der Waals surface area contributed by atoms with Crippen LogP contribution in [0.1, 0.15) is 26.2 Å². The van der Waals surface area contributed by atoms with Crippen LogP contribution in [0.4, 0.5) is 5.13 Å². The number of nitrogens with one attached hydrogen (secondary N) is 1. The van der Waals surface area contributed by atoms with Gasteiger partial charge in [0, 0.05) is 24.7 Å². The molecule has 0 aromatic carbocycles. The normalized spacial score (nSPS) is 17.9. The van der Waals surface area contributed by atoms with Gasteiger partial charge in [-0.05, 0) is 38.3 Å². The molecule has 0 aliphatic carbocycles. The number of hydrogen-bond donors (Lipinski definition) is 1. The van der Waals surface area contributed by atoms with E-state index >= 15 is 0 Å². The molecular formula is C12H21N3S. The molecular weight excluding hydrogens is 218 g/mol. The highest BCUT2D eigenvalue weighted by molar-refractivity contribution is 7.13. The predicted molar refractivity (Wildman–Crippen MR) is 70.2 cm³/mol. The Kier molecular flexibility index (Phi) is 4.60. The first-order chi connectivity index (χ1) is 7.90. The topological polar surface area (TPSA) is 28.2 Å². The van der Waals surface area contributed by atoms with Crippen molar-refractivity contribution in [1.29, 1.82) is 0 Å². The zero-order valence-corrected chi connectivity index (χ0v) is 10.8. The lowest BCUT2D eigenvalue weighted by Gasteiger charge is -2.31. The van der Waals surface area contributed by atoms with Crippen LogP contribution in [-0.2, 0) is 0 Å². The Morgan fingerprint density at radius 1 is 1.50 bits per heavy atom. The average Bonchev–Trinajstić information content (AvgIpc) is 2.84. The monoisotopic (exact) mass is 239 g/mol. The van der Waals surface area contributed by atoms with E-state index in [-0.39, 0.29) is 0 Å². The number of thiazole rings is 1. The second-order valence-corrected chi connectivity index (χ2v) is 5.32. The highest BCUT2D eigenvalue weighted by atomic mass is 32.1. The number of nitrogens with zero attached hydrogens (tertiary/aromatic N) is 2. The van der Waals surface area contributed by atoms with Gasteiger partial charge in [-0.2, -0.15) is 0 Å².